The van der Waals surface area contributed by atoms with Crippen LogP contribution >= 0.6 is 0 Å². The van der Waals surface area contributed by atoms with Crippen LogP contribution in [-0.2, 0) is 6.54 Å². The molecule has 13 heteroatoms. The molecule has 0 radical (unpaired) electrons. The van der Waals surface area contributed by atoms with Crippen molar-refractivity contribution in [1.82, 2.24) is 44.4 Å². The van der Waals surface area contributed by atoms with Gasteiger partial charge in [-0.25, -0.2) is 24.9 Å². The van der Waals surface area contributed by atoms with Gasteiger partial charge < -0.3 is 16.0 Å². The van der Waals surface area contributed by atoms with Crippen LogP contribution in [0.3, 0.4) is 0 Å². The zero-order valence-corrected chi connectivity index (χ0v) is 24.1. The molecule has 13 nitrogen and oxygen atoms in total. The minimum atomic E-state index is -0.171. The number of rotatable bonds is 7. The third kappa shape index (κ3) is 5.82. The summed E-state index contributed by atoms with van der Waals surface area (Å²) in [5, 5.41) is 12.4. The first-order valence-corrected chi connectivity index (χ1v) is 14.5. The summed E-state index contributed by atoms with van der Waals surface area (Å²) in [4.78, 5) is 43.0. The molecule has 6 heterocycles. The topological polar surface area (TPSA) is 180 Å². The number of H-pyrrole nitrogens is 1. The number of nitrogens with two attached hydrogens (primary N) is 1. The van der Waals surface area contributed by atoms with E-state index in [-0.39, 0.29) is 17.4 Å². The van der Waals surface area contributed by atoms with Gasteiger partial charge in [0.25, 0.3) is 0 Å². The Hall–Kier alpha value is -6.00. The second-order valence-electron chi connectivity index (χ2n) is 10.8. The zero-order chi connectivity index (χ0) is 30.8. The fourth-order valence-corrected chi connectivity index (χ4v) is 5.57. The maximum Gasteiger partial charge on any atom is 0.247 e. The van der Waals surface area contributed by atoms with Gasteiger partial charge in [-0.05, 0) is 60.9 Å². The average molecular weight is 597 g/mol. The third-order valence-electron chi connectivity index (χ3n) is 7.86. The first-order valence-electron chi connectivity index (χ1n) is 14.5. The lowest BCUT2D eigenvalue weighted by Gasteiger charge is -2.32. The van der Waals surface area contributed by atoms with Crippen molar-refractivity contribution in [2.75, 3.05) is 24.1 Å². The van der Waals surface area contributed by atoms with E-state index in [2.05, 4.69) is 59.4 Å². The largest absolute Gasteiger partial charge is 0.383 e. The lowest BCUT2D eigenvalue weighted by Crippen LogP contribution is -2.39. The Morgan fingerprint density at radius 1 is 0.978 bits per heavy atom. The van der Waals surface area contributed by atoms with Crippen LogP contribution in [-0.4, -0.2) is 63.5 Å². The molecule has 1 aromatic carbocycles. The number of nitrogens with zero attached hydrogens (tertiary/aromatic N) is 9. The molecule has 1 aliphatic heterocycles. The van der Waals surface area contributed by atoms with Crippen LogP contribution in [0.25, 0.3) is 39.5 Å². The number of piperidine rings is 1. The average Bonchev–Trinajstić information content (AvgIpc) is 3.45. The lowest BCUT2D eigenvalue weighted by molar-refractivity contribution is 0.211. The van der Waals surface area contributed by atoms with Gasteiger partial charge in [-0.2, -0.15) is 10.2 Å². The molecule has 6 aromatic rings. The fraction of sp³-hybridized carbons (Fsp3) is 0.188. The standard InChI is InChI=1S/C32H28N12O/c33-16-27-37-19-38-32(42-27)39-22-11-14-43(15-12-22)18-20-3-6-23(7-4-20)44-30(24-2-1-13-35-29(24)34)41-26-9-8-25(40-31(26)44)21-5-10-28(45)36-17-21/h1-10,13,17,19,22H,11-12,14-15,18H2,(H2,34,35)(H,36,45)(H,37,38,39,42). The molecule has 0 amide bonds. The second kappa shape index (κ2) is 11.9. The Kier molecular flexibility index (Phi) is 7.38. The lowest BCUT2D eigenvalue weighted by atomic mass is 10.0. The van der Waals surface area contributed by atoms with Gasteiger partial charge in [0.1, 0.15) is 23.7 Å². The van der Waals surface area contributed by atoms with Crippen LogP contribution in [0.15, 0.2) is 84.2 Å². The first kappa shape index (κ1) is 27.8. The van der Waals surface area contributed by atoms with Crippen molar-refractivity contribution in [2.24, 2.45) is 0 Å². The predicted molar refractivity (Wildman–Crippen MR) is 169 cm³/mol. The molecule has 0 atom stereocenters. The number of pyridine rings is 3. The van der Waals surface area contributed by atoms with Crippen molar-refractivity contribution in [3.63, 3.8) is 0 Å². The maximum absolute atomic E-state index is 11.6. The molecule has 0 bridgehead atoms. The van der Waals surface area contributed by atoms with Crippen molar-refractivity contribution in [2.45, 2.75) is 25.4 Å². The molecule has 1 aliphatic rings. The van der Waals surface area contributed by atoms with Gasteiger partial charge in [0.2, 0.25) is 17.3 Å². The molecule has 0 spiro atoms. The Bertz CT molecular complexity index is 2070. The predicted octanol–water partition coefficient (Wildman–Crippen LogP) is 3.55. The van der Waals surface area contributed by atoms with Crippen molar-refractivity contribution < 1.29 is 0 Å². The van der Waals surface area contributed by atoms with E-state index < -0.39 is 0 Å². The van der Waals surface area contributed by atoms with Gasteiger partial charge in [0.05, 0.1) is 11.3 Å². The molecular weight excluding hydrogens is 568 g/mol. The van der Waals surface area contributed by atoms with Gasteiger partial charge in [-0.15, -0.1) is 0 Å². The van der Waals surface area contributed by atoms with E-state index in [0.29, 0.717) is 40.0 Å². The Morgan fingerprint density at radius 2 is 1.82 bits per heavy atom. The molecule has 45 heavy (non-hydrogen) atoms. The van der Waals surface area contributed by atoms with E-state index in [4.69, 9.17) is 21.0 Å². The number of anilines is 2. The van der Waals surface area contributed by atoms with Gasteiger partial charge in [0.15, 0.2) is 11.5 Å². The minimum absolute atomic E-state index is 0.109. The highest BCUT2D eigenvalue weighted by atomic mass is 16.1. The van der Waals surface area contributed by atoms with Gasteiger partial charge in [-0.1, -0.05) is 12.1 Å². The fourth-order valence-electron chi connectivity index (χ4n) is 5.57. The molecule has 0 unspecified atom stereocenters. The second-order valence-corrected chi connectivity index (χ2v) is 10.8. The van der Waals surface area contributed by atoms with Crippen molar-refractivity contribution in [3.05, 3.63) is 101 Å². The molecule has 0 saturated carbocycles. The highest BCUT2D eigenvalue weighted by Crippen LogP contribution is 2.31. The van der Waals surface area contributed by atoms with Crippen LogP contribution < -0.4 is 16.6 Å². The van der Waals surface area contributed by atoms with E-state index in [1.807, 2.05) is 34.9 Å². The summed E-state index contributed by atoms with van der Waals surface area (Å²) in [6, 6.07) is 21.4. The van der Waals surface area contributed by atoms with Gasteiger partial charge >= 0.3 is 0 Å². The number of aromatic nitrogens is 8. The van der Waals surface area contributed by atoms with Crippen LogP contribution in [0, 0.1) is 11.3 Å². The molecule has 7 rings (SSSR count). The SMILES string of the molecule is N#Cc1ncnc(NC2CCN(Cc3ccc(-n4c(-c5cccnc5N)nc5ccc(-c6ccc(=O)[nH]c6)nc54)cc3)CC2)n1. The minimum Gasteiger partial charge on any atom is -0.383 e. The van der Waals surface area contributed by atoms with Crippen LogP contribution in [0.1, 0.15) is 24.2 Å². The number of benzene rings is 1. The summed E-state index contributed by atoms with van der Waals surface area (Å²) >= 11 is 0. The van der Waals surface area contributed by atoms with E-state index in [0.717, 1.165) is 43.7 Å². The Balaban J connectivity index is 1.13. The van der Waals surface area contributed by atoms with Crippen molar-refractivity contribution in [1.29, 1.82) is 5.26 Å². The van der Waals surface area contributed by atoms with Crippen molar-refractivity contribution >= 4 is 22.9 Å². The number of hydrogen-bond acceptors (Lipinski definition) is 11. The Labute approximate surface area is 257 Å². The van der Waals surface area contributed by atoms with Crippen LogP contribution in [0.4, 0.5) is 11.8 Å². The van der Waals surface area contributed by atoms with Crippen molar-refractivity contribution in [3.8, 4) is 34.4 Å². The summed E-state index contributed by atoms with van der Waals surface area (Å²) in [7, 11) is 0. The van der Waals surface area contributed by atoms with Crippen LogP contribution in [0.2, 0.25) is 0 Å². The number of fused-ring (bicyclic) bond motifs is 1. The summed E-state index contributed by atoms with van der Waals surface area (Å²) in [5.41, 5.74) is 11.8. The number of nitrogens with one attached hydrogen (secondary N) is 2. The molecule has 222 valence electrons. The highest BCUT2D eigenvalue weighted by Gasteiger charge is 2.21. The van der Waals surface area contributed by atoms with E-state index in [1.165, 1.54) is 18.0 Å². The van der Waals surface area contributed by atoms with E-state index in [9.17, 15) is 4.79 Å². The van der Waals surface area contributed by atoms with Gasteiger partial charge in [0, 0.05) is 55.4 Å². The van der Waals surface area contributed by atoms with Gasteiger partial charge in [-0.3, -0.25) is 14.3 Å². The monoisotopic (exact) mass is 596 g/mol. The quantitative estimate of drug-likeness (QED) is 0.245. The molecule has 1 fully saturated rings. The smallest absolute Gasteiger partial charge is 0.247 e. The van der Waals surface area contributed by atoms with E-state index >= 15 is 0 Å². The number of nitriles is 1. The number of likely N-dealkylation sites (tertiary alicyclic amines) is 1. The summed E-state index contributed by atoms with van der Waals surface area (Å²) in [6.45, 7) is 2.66. The van der Waals surface area contributed by atoms with E-state index in [1.54, 1.807) is 18.5 Å². The summed E-state index contributed by atoms with van der Waals surface area (Å²) in [5.74, 6) is 1.57. The number of hydrogen-bond donors (Lipinski definition) is 3. The third-order valence-corrected chi connectivity index (χ3v) is 7.86. The highest BCUT2D eigenvalue weighted by molar-refractivity contribution is 5.84. The first-order chi connectivity index (χ1) is 22.0. The summed E-state index contributed by atoms with van der Waals surface area (Å²) < 4.78 is 2.00. The number of imidazole rings is 1. The maximum atomic E-state index is 11.6. The number of nitrogen functional groups attached to an aromatic ring is 1. The molecule has 0 aliphatic carbocycles. The molecule has 5 aromatic heterocycles. The van der Waals surface area contributed by atoms with Crippen LogP contribution in [0.5, 0.6) is 0 Å². The molecular formula is C32H28N12O. The number of aromatic amines is 1. The summed E-state index contributed by atoms with van der Waals surface area (Å²) in [6.07, 6.45) is 6.54. The zero-order valence-electron chi connectivity index (χ0n) is 24.1. The molecule has 4 N–H and O–H groups in total. The molecule has 1 saturated heterocycles. The normalized spacial score (nSPS) is 13.9. The Morgan fingerprint density at radius 3 is 2.58 bits per heavy atom.